The van der Waals surface area contributed by atoms with Crippen LogP contribution in [0.4, 0.5) is 4.39 Å². The van der Waals surface area contributed by atoms with E-state index >= 15 is 4.39 Å². The number of ether oxygens (including phenoxy) is 2. The van der Waals surface area contributed by atoms with E-state index in [1.165, 1.54) is 0 Å². The Morgan fingerprint density at radius 3 is 2.77 bits per heavy atom. The van der Waals surface area contributed by atoms with Gasteiger partial charge in [-0.25, -0.2) is 18.9 Å². The molecule has 2 aromatic heterocycles. The summed E-state index contributed by atoms with van der Waals surface area (Å²) in [5, 5.41) is 5.16. The molecule has 4 rings (SSSR count). The molecule has 0 bridgehead atoms. The van der Waals surface area contributed by atoms with E-state index in [9.17, 15) is 4.79 Å². The molecule has 31 heavy (non-hydrogen) atoms. The zero-order chi connectivity index (χ0) is 22.3. The summed E-state index contributed by atoms with van der Waals surface area (Å²) in [6.07, 6.45) is 4.55. The quantitative estimate of drug-likeness (QED) is 0.373. The molecule has 1 fully saturated rings. The minimum atomic E-state index is -0.729. The predicted octanol–water partition coefficient (Wildman–Crippen LogP) is 5.85. The second-order valence-electron chi connectivity index (χ2n) is 8.76. The second kappa shape index (κ2) is 8.20. The standard InChI is InChI=1S/C23H25ClFN3O3/c1-13-8-9-17-15(12-26-28(17)18-7-5-6-10-30-18)19(13)20-16(25)11-14(21(24)27-20)22(29)31-23(2,3)4/h8-9,11-12,18H,5-7,10H2,1-4H3. The lowest BCUT2D eigenvalue weighted by atomic mass is 10.00. The van der Waals surface area contributed by atoms with Crippen LogP contribution < -0.4 is 0 Å². The topological polar surface area (TPSA) is 66.2 Å². The van der Waals surface area contributed by atoms with E-state index in [0.29, 0.717) is 12.2 Å². The van der Waals surface area contributed by atoms with Crippen molar-refractivity contribution in [3.8, 4) is 11.3 Å². The van der Waals surface area contributed by atoms with E-state index in [4.69, 9.17) is 21.1 Å². The van der Waals surface area contributed by atoms with Gasteiger partial charge in [-0.15, -0.1) is 0 Å². The Bertz CT molecular complexity index is 1150. The first-order valence-electron chi connectivity index (χ1n) is 10.3. The van der Waals surface area contributed by atoms with Gasteiger partial charge in [-0.1, -0.05) is 17.7 Å². The Balaban J connectivity index is 1.80. The van der Waals surface area contributed by atoms with Crippen molar-refractivity contribution in [3.63, 3.8) is 0 Å². The van der Waals surface area contributed by atoms with Crippen molar-refractivity contribution in [3.05, 3.63) is 46.5 Å². The summed E-state index contributed by atoms with van der Waals surface area (Å²) in [4.78, 5) is 16.6. The molecule has 164 valence electrons. The Kier molecular flexibility index (Phi) is 5.75. The maximum Gasteiger partial charge on any atom is 0.341 e. The summed E-state index contributed by atoms with van der Waals surface area (Å²) < 4.78 is 28.2. The third-order valence-electron chi connectivity index (χ3n) is 5.20. The van der Waals surface area contributed by atoms with Crippen LogP contribution in [-0.4, -0.2) is 32.9 Å². The van der Waals surface area contributed by atoms with E-state index in [1.54, 1.807) is 27.0 Å². The summed E-state index contributed by atoms with van der Waals surface area (Å²) in [5.41, 5.74) is 1.49. The van der Waals surface area contributed by atoms with Gasteiger partial charge in [-0.05, 0) is 64.7 Å². The van der Waals surface area contributed by atoms with Crippen LogP contribution >= 0.6 is 11.6 Å². The maximum absolute atomic E-state index is 15.2. The largest absolute Gasteiger partial charge is 0.456 e. The summed E-state index contributed by atoms with van der Waals surface area (Å²) >= 11 is 6.29. The highest BCUT2D eigenvalue weighted by Gasteiger charge is 2.26. The Morgan fingerprint density at radius 1 is 1.32 bits per heavy atom. The molecule has 1 aromatic carbocycles. The van der Waals surface area contributed by atoms with Gasteiger partial charge in [-0.3, -0.25) is 0 Å². The lowest BCUT2D eigenvalue weighted by molar-refractivity contribution is -0.0366. The molecule has 8 heteroatoms. The van der Waals surface area contributed by atoms with Crippen LogP contribution in [0.15, 0.2) is 24.4 Å². The van der Waals surface area contributed by atoms with Crippen molar-refractivity contribution in [2.24, 2.45) is 0 Å². The lowest BCUT2D eigenvalue weighted by Gasteiger charge is -2.23. The average molecular weight is 446 g/mol. The van der Waals surface area contributed by atoms with E-state index in [1.807, 2.05) is 23.7 Å². The first-order chi connectivity index (χ1) is 14.7. The number of esters is 1. The van der Waals surface area contributed by atoms with Crippen LogP contribution in [0.3, 0.4) is 0 Å². The fourth-order valence-corrected chi connectivity index (χ4v) is 4.02. The van der Waals surface area contributed by atoms with Crippen molar-refractivity contribution in [2.45, 2.75) is 58.8 Å². The first kappa shape index (κ1) is 21.7. The van der Waals surface area contributed by atoms with Gasteiger partial charge in [0.2, 0.25) is 0 Å². The van der Waals surface area contributed by atoms with Crippen LogP contribution in [0.2, 0.25) is 5.15 Å². The first-order valence-corrected chi connectivity index (χ1v) is 10.7. The van der Waals surface area contributed by atoms with Crippen molar-refractivity contribution in [2.75, 3.05) is 6.61 Å². The molecule has 6 nitrogen and oxygen atoms in total. The normalized spacial score (nSPS) is 17.2. The number of carbonyl (C=O) groups is 1. The van der Waals surface area contributed by atoms with Gasteiger partial charge in [-0.2, -0.15) is 5.10 Å². The van der Waals surface area contributed by atoms with Gasteiger partial charge in [0.15, 0.2) is 6.23 Å². The molecule has 0 N–H and O–H groups in total. The summed E-state index contributed by atoms with van der Waals surface area (Å²) in [6.45, 7) is 7.76. The number of hydrogen-bond donors (Lipinski definition) is 0. The van der Waals surface area contributed by atoms with Crippen LogP contribution in [-0.2, 0) is 9.47 Å². The number of rotatable bonds is 3. The van der Waals surface area contributed by atoms with Crippen molar-refractivity contribution in [1.29, 1.82) is 0 Å². The highest BCUT2D eigenvalue weighted by molar-refractivity contribution is 6.32. The van der Waals surface area contributed by atoms with Gasteiger partial charge in [0.05, 0.1) is 17.3 Å². The lowest BCUT2D eigenvalue weighted by Crippen LogP contribution is -2.24. The minimum absolute atomic E-state index is 0.0736. The van der Waals surface area contributed by atoms with Gasteiger partial charge >= 0.3 is 5.97 Å². The average Bonchev–Trinajstić information content (AvgIpc) is 3.13. The van der Waals surface area contributed by atoms with Crippen LogP contribution in [0.5, 0.6) is 0 Å². The molecule has 0 radical (unpaired) electrons. The smallest absolute Gasteiger partial charge is 0.341 e. The highest BCUT2D eigenvalue weighted by Crippen LogP contribution is 2.36. The zero-order valence-electron chi connectivity index (χ0n) is 18.0. The van der Waals surface area contributed by atoms with E-state index < -0.39 is 17.4 Å². The minimum Gasteiger partial charge on any atom is -0.456 e. The van der Waals surface area contributed by atoms with Crippen LogP contribution in [0, 0.1) is 12.7 Å². The summed E-state index contributed by atoms with van der Waals surface area (Å²) in [7, 11) is 0. The SMILES string of the molecule is Cc1ccc2c(cnn2C2CCCCO2)c1-c1nc(Cl)c(C(=O)OC(C)(C)C)cc1F. The molecule has 1 atom stereocenters. The molecule has 0 aliphatic carbocycles. The van der Waals surface area contributed by atoms with Gasteiger partial charge < -0.3 is 9.47 Å². The number of carbonyl (C=O) groups excluding carboxylic acids is 1. The molecule has 1 aliphatic heterocycles. The third-order valence-corrected chi connectivity index (χ3v) is 5.49. The molecule has 1 aliphatic rings. The molecular weight excluding hydrogens is 421 g/mol. The number of aromatic nitrogens is 3. The molecule has 0 saturated carbocycles. The highest BCUT2D eigenvalue weighted by atomic mass is 35.5. The zero-order valence-corrected chi connectivity index (χ0v) is 18.8. The summed E-state index contributed by atoms with van der Waals surface area (Å²) in [6, 6.07) is 4.94. The van der Waals surface area contributed by atoms with E-state index in [2.05, 4.69) is 10.1 Å². The van der Waals surface area contributed by atoms with Crippen molar-refractivity contribution >= 4 is 28.5 Å². The molecule has 3 aromatic rings. The second-order valence-corrected chi connectivity index (χ2v) is 9.12. The van der Waals surface area contributed by atoms with Crippen molar-refractivity contribution in [1.82, 2.24) is 14.8 Å². The fraction of sp³-hybridized carbons (Fsp3) is 0.435. The monoisotopic (exact) mass is 445 g/mol. The third kappa shape index (κ3) is 4.29. The van der Waals surface area contributed by atoms with Crippen LogP contribution in [0.1, 0.15) is 62.2 Å². The van der Waals surface area contributed by atoms with Gasteiger partial charge in [0.1, 0.15) is 22.3 Å². The predicted molar refractivity (Wildman–Crippen MR) is 117 cm³/mol. The Hall–Kier alpha value is -2.51. The van der Waals surface area contributed by atoms with E-state index in [0.717, 1.165) is 41.8 Å². The van der Waals surface area contributed by atoms with E-state index in [-0.39, 0.29) is 22.6 Å². The maximum atomic E-state index is 15.2. The van der Waals surface area contributed by atoms with Crippen molar-refractivity contribution < 1.29 is 18.7 Å². The number of hydrogen-bond acceptors (Lipinski definition) is 5. The molecule has 0 amide bonds. The van der Waals surface area contributed by atoms with Gasteiger partial charge in [0.25, 0.3) is 0 Å². The summed E-state index contributed by atoms with van der Waals surface area (Å²) in [5.74, 6) is -1.37. The van der Waals surface area contributed by atoms with Crippen LogP contribution in [0.25, 0.3) is 22.2 Å². The molecule has 1 saturated heterocycles. The molecule has 3 heterocycles. The Labute approximate surface area is 185 Å². The number of benzene rings is 1. The number of aryl methyl sites for hydroxylation is 1. The number of fused-ring (bicyclic) bond motifs is 1. The Morgan fingerprint density at radius 2 is 2.10 bits per heavy atom. The number of pyridine rings is 1. The molecular formula is C23H25ClFN3O3. The molecule has 0 spiro atoms. The van der Waals surface area contributed by atoms with Gasteiger partial charge in [0, 0.05) is 17.6 Å². The number of halogens is 2. The fourth-order valence-electron chi connectivity index (χ4n) is 3.81. The molecule has 1 unspecified atom stereocenters. The number of nitrogens with zero attached hydrogens (tertiary/aromatic N) is 3.